The van der Waals surface area contributed by atoms with E-state index in [1.54, 1.807) is 0 Å². The van der Waals surface area contributed by atoms with Crippen molar-refractivity contribution in [1.29, 1.82) is 0 Å². The summed E-state index contributed by atoms with van der Waals surface area (Å²) in [4.78, 5) is 4.67. The number of nitrogens with zero attached hydrogens (tertiary/aromatic N) is 2. The van der Waals surface area contributed by atoms with Gasteiger partial charge in [0.05, 0.1) is 11.0 Å². The minimum atomic E-state index is 0.323. The van der Waals surface area contributed by atoms with Gasteiger partial charge in [0.1, 0.15) is 0 Å². The second-order valence-corrected chi connectivity index (χ2v) is 5.46. The molecule has 0 aliphatic heterocycles. The number of para-hydroxylation sites is 2. The van der Waals surface area contributed by atoms with Crippen LogP contribution in [0.15, 0.2) is 48.5 Å². The Kier molecular flexibility index (Phi) is 3.36. The van der Waals surface area contributed by atoms with Gasteiger partial charge in [-0.15, -0.1) is 0 Å². The predicted octanol–water partition coefficient (Wildman–Crippen LogP) is 5.01. The maximum Gasteiger partial charge on any atom is 0.208 e. The van der Waals surface area contributed by atoms with Crippen molar-refractivity contribution >= 4 is 34.3 Å². The smallest absolute Gasteiger partial charge is 0.208 e. The monoisotopic (exact) mass is 285 g/mol. The van der Waals surface area contributed by atoms with Gasteiger partial charge >= 0.3 is 0 Å². The van der Waals surface area contributed by atoms with Crippen molar-refractivity contribution < 1.29 is 0 Å². The second kappa shape index (κ2) is 5.17. The van der Waals surface area contributed by atoms with E-state index in [2.05, 4.69) is 34.8 Å². The predicted molar refractivity (Wildman–Crippen MR) is 84.9 cm³/mol. The highest BCUT2D eigenvalue weighted by atomic mass is 35.5. The minimum absolute atomic E-state index is 0.323. The number of nitrogens with one attached hydrogen (secondary N) is 1. The topological polar surface area (TPSA) is 29.9 Å². The Morgan fingerprint density at radius 2 is 1.90 bits per heavy atom. The molecule has 0 radical (unpaired) electrons. The Hall–Kier alpha value is -2.00. The van der Waals surface area contributed by atoms with Gasteiger partial charge in [-0.2, -0.15) is 0 Å². The van der Waals surface area contributed by atoms with E-state index in [0.29, 0.717) is 11.1 Å². The molecule has 2 aromatic carbocycles. The zero-order chi connectivity index (χ0) is 14.1. The van der Waals surface area contributed by atoms with Crippen molar-refractivity contribution in [2.75, 3.05) is 5.32 Å². The van der Waals surface area contributed by atoms with Crippen LogP contribution in [0.1, 0.15) is 19.9 Å². The molecule has 3 nitrogen and oxygen atoms in total. The van der Waals surface area contributed by atoms with E-state index in [0.717, 1.165) is 22.7 Å². The molecule has 1 aromatic heterocycles. The molecule has 20 heavy (non-hydrogen) atoms. The Bertz CT molecular complexity index is 746. The van der Waals surface area contributed by atoms with Crippen molar-refractivity contribution in [2.24, 2.45) is 0 Å². The van der Waals surface area contributed by atoms with Crippen LogP contribution in [0, 0.1) is 0 Å². The Labute approximate surface area is 123 Å². The lowest BCUT2D eigenvalue weighted by Crippen LogP contribution is -2.05. The summed E-state index contributed by atoms with van der Waals surface area (Å²) in [6.07, 6.45) is 0. The van der Waals surface area contributed by atoms with E-state index in [4.69, 9.17) is 11.6 Å². The number of fused-ring (bicyclic) bond motifs is 1. The largest absolute Gasteiger partial charge is 0.326 e. The normalized spacial score (nSPS) is 11.2. The number of hydrogen-bond acceptors (Lipinski definition) is 2. The van der Waals surface area contributed by atoms with E-state index < -0.39 is 0 Å². The molecule has 0 aliphatic rings. The molecule has 0 unspecified atom stereocenters. The summed E-state index contributed by atoms with van der Waals surface area (Å²) in [5.41, 5.74) is 3.06. The summed E-state index contributed by atoms with van der Waals surface area (Å²) >= 11 is 6.02. The van der Waals surface area contributed by atoms with Gasteiger partial charge in [-0.3, -0.25) is 0 Å². The van der Waals surface area contributed by atoms with Crippen LogP contribution in [-0.2, 0) is 0 Å². The maximum absolute atomic E-state index is 6.02. The Balaban J connectivity index is 2.09. The Morgan fingerprint density at radius 1 is 1.10 bits per heavy atom. The molecule has 0 amide bonds. The molecule has 0 spiro atoms. The molecule has 102 valence electrons. The molecule has 3 rings (SSSR count). The van der Waals surface area contributed by atoms with E-state index in [-0.39, 0.29) is 0 Å². The van der Waals surface area contributed by atoms with E-state index in [1.165, 1.54) is 0 Å². The van der Waals surface area contributed by atoms with Crippen LogP contribution >= 0.6 is 11.6 Å². The molecule has 0 atom stereocenters. The number of imidazole rings is 1. The van der Waals surface area contributed by atoms with E-state index in [1.807, 2.05) is 42.5 Å². The van der Waals surface area contributed by atoms with E-state index in [9.17, 15) is 0 Å². The molecule has 0 fully saturated rings. The van der Waals surface area contributed by atoms with Crippen molar-refractivity contribution in [2.45, 2.75) is 19.9 Å². The fourth-order valence-corrected chi connectivity index (χ4v) is 2.54. The standard InChI is InChI=1S/C16H16ClN3/c1-11(2)20-15-9-4-3-8-14(15)19-16(20)18-13-7-5-6-12(17)10-13/h3-11H,1-2H3,(H,18,19). The second-order valence-electron chi connectivity index (χ2n) is 5.02. The quantitative estimate of drug-likeness (QED) is 0.733. The molecule has 0 bridgehead atoms. The lowest BCUT2D eigenvalue weighted by molar-refractivity contribution is 0.625. The Morgan fingerprint density at radius 3 is 2.65 bits per heavy atom. The summed E-state index contributed by atoms with van der Waals surface area (Å²) < 4.78 is 2.19. The van der Waals surface area contributed by atoms with Crippen LogP contribution in [0.4, 0.5) is 11.6 Å². The third-order valence-corrected chi connectivity index (χ3v) is 3.43. The lowest BCUT2D eigenvalue weighted by Gasteiger charge is -2.14. The van der Waals surface area contributed by atoms with Gasteiger partial charge in [0.2, 0.25) is 5.95 Å². The van der Waals surface area contributed by atoms with Crippen LogP contribution in [0.2, 0.25) is 5.02 Å². The number of hydrogen-bond donors (Lipinski definition) is 1. The number of halogens is 1. The first-order chi connectivity index (χ1) is 9.65. The first-order valence-corrected chi connectivity index (χ1v) is 7.02. The molecule has 0 saturated carbocycles. The fourth-order valence-electron chi connectivity index (χ4n) is 2.35. The summed E-state index contributed by atoms with van der Waals surface area (Å²) in [6, 6.07) is 16.1. The van der Waals surface area contributed by atoms with Gasteiger partial charge in [-0.25, -0.2) is 4.98 Å². The van der Waals surface area contributed by atoms with Gasteiger partial charge in [-0.05, 0) is 44.2 Å². The fraction of sp³-hybridized carbons (Fsp3) is 0.188. The highest BCUT2D eigenvalue weighted by molar-refractivity contribution is 6.30. The average molecular weight is 286 g/mol. The van der Waals surface area contributed by atoms with Crippen molar-refractivity contribution in [1.82, 2.24) is 9.55 Å². The first kappa shape index (κ1) is 13.0. The minimum Gasteiger partial charge on any atom is -0.326 e. The molecule has 1 heterocycles. The average Bonchev–Trinajstić information content (AvgIpc) is 2.76. The molecule has 3 aromatic rings. The van der Waals surface area contributed by atoms with Gasteiger partial charge in [0.25, 0.3) is 0 Å². The van der Waals surface area contributed by atoms with Gasteiger partial charge in [0.15, 0.2) is 0 Å². The van der Waals surface area contributed by atoms with E-state index >= 15 is 0 Å². The summed E-state index contributed by atoms with van der Waals surface area (Å²) in [6.45, 7) is 4.30. The SMILES string of the molecule is CC(C)n1c(Nc2cccc(Cl)c2)nc2ccccc21. The first-order valence-electron chi connectivity index (χ1n) is 6.65. The van der Waals surface area contributed by atoms with Crippen molar-refractivity contribution in [3.8, 4) is 0 Å². The lowest BCUT2D eigenvalue weighted by atomic mass is 10.3. The summed E-state index contributed by atoms with van der Waals surface area (Å²) in [7, 11) is 0. The van der Waals surface area contributed by atoms with Crippen LogP contribution in [0.25, 0.3) is 11.0 Å². The van der Waals surface area contributed by atoms with Gasteiger partial charge < -0.3 is 9.88 Å². The highest BCUT2D eigenvalue weighted by Crippen LogP contribution is 2.27. The van der Waals surface area contributed by atoms with Crippen LogP contribution < -0.4 is 5.32 Å². The van der Waals surface area contributed by atoms with Gasteiger partial charge in [0, 0.05) is 16.8 Å². The zero-order valence-corrected chi connectivity index (χ0v) is 12.2. The summed E-state index contributed by atoms with van der Waals surface area (Å²) in [5.74, 6) is 0.837. The number of benzene rings is 2. The molecule has 0 saturated heterocycles. The molecular weight excluding hydrogens is 270 g/mol. The number of aromatic nitrogens is 2. The molecule has 1 N–H and O–H groups in total. The van der Waals surface area contributed by atoms with Crippen molar-refractivity contribution in [3.63, 3.8) is 0 Å². The highest BCUT2D eigenvalue weighted by Gasteiger charge is 2.12. The maximum atomic E-state index is 6.02. The molecule has 0 aliphatic carbocycles. The molecular formula is C16H16ClN3. The summed E-state index contributed by atoms with van der Waals surface area (Å²) in [5, 5.41) is 4.06. The van der Waals surface area contributed by atoms with Gasteiger partial charge in [-0.1, -0.05) is 29.8 Å². The number of rotatable bonds is 3. The van der Waals surface area contributed by atoms with Crippen molar-refractivity contribution in [3.05, 3.63) is 53.6 Å². The van der Waals surface area contributed by atoms with Crippen LogP contribution in [0.3, 0.4) is 0 Å². The third kappa shape index (κ3) is 2.37. The van der Waals surface area contributed by atoms with Crippen LogP contribution in [-0.4, -0.2) is 9.55 Å². The third-order valence-electron chi connectivity index (χ3n) is 3.19. The zero-order valence-electron chi connectivity index (χ0n) is 11.5. The van der Waals surface area contributed by atoms with Crippen LogP contribution in [0.5, 0.6) is 0 Å². The molecule has 4 heteroatoms. The number of anilines is 2.